The number of amidine groups is 1. The molecule has 0 amide bonds. The molecule has 6 heteroatoms. The van der Waals surface area contributed by atoms with Crippen molar-refractivity contribution in [3.63, 3.8) is 0 Å². The highest BCUT2D eigenvalue weighted by Gasteiger charge is 2.21. The van der Waals surface area contributed by atoms with E-state index >= 15 is 0 Å². The Morgan fingerprint density at radius 1 is 1.19 bits per heavy atom. The smallest absolute Gasteiger partial charge is 0.281 e. The van der Waals surface area contributed by atoms with Crippen LogP contribution in [0, 0.1) is 5.41 Å². The van der Waals surface area contributed by atoms with Gasteiger partial charge in [0.2, 0.25) is 0 Å². The summed E-state index contributed by atoms with van der Waals surface area (Å²) in [7, 11) is 3.23. The molecule has 26 heavy (non-hydrogen) atoms. The van der Waals surface area contributed by atoms with Crippen LogP contribution in [0.1, 0.15) is 47.5 Å². The third-order valence-electron chi connectivity index (χ3n) is 3.74. The zero-order valence-electron chi connectivity index (χ0n) is 17.5. The summed E-state index contributed by atoms with van der Waals surface area (Å²) < 4.78 is 12.5. The molecule has 0 radical (unpaired) electrons. The van der Waals surface area contributed by atoms with Crippen molar-refractivity contribution in [3.05, 3.63) is 24.3 Å². The third kappa shape index (κ3) is 10.6. The van der Waals surface area contributed by atoms with E-state index in [1.165, 1.54) is 12.0 Å². The average molecular weight is 384 g/mol. The fourth-order valence-corrected chi connectivity index (χ4v) is 3.46. The normalized spacial score (nSPS) is 11.8. The molecule has 0 aliphatic rings. The second-order valence-electron chi connectivity index (χ2n) is 6.41. The predicted molar refractivity (Wildman–Crippen MR) is 114 cm³/mol. The summed E-state index contributed by atoms with van der Waals surface area (Å²) in [4.78, 5) is 5.40. The number of benzene rings is 1. The number of hydrogen-bond acceptors (Lipinski definition) is 5. The molecule has 0 atom stereocenters. The first-order chi connectivity index (χ1) is 12.4. The minimum absolute atomic E-state index is 0.215. The summed E-state index contributed by atoms with van der Waals surface area (Å²) in [5.41, 5.74) is 5.75. The summed E-state index contributed by atoms with van der Waals surface area (Å²) in [6.07, 6.45) is 2.09. The van der Waals surface area contributed by atoms with Crippen LogP contribution in [0.5, 0.6) is 5.75 Å². The van der Waals surface area contributed by atoms with Gasteiger partial charge in [0.25, 0.3) is 6.02 Å². The molecule has 0 saturated carbocycles. The van der Waals surface area contributed by atoms with Gasteiger partial charge in [-0.2, -0.15) is 0 Å². The third-order valence-corrected chi connectivity index (χ3v) is 4.87. The van der Waals surface area contributed by atoms with Crippen molar-refractivity contribution >= 4 is 18.0 Å². The van der Waals surface area contributed by atoms with Gasteiger partial charge >= 0.3 is 0 Å². The minimum atomic E-state index is 0.215. The molecule has 1 aromatic rings. The van der Waals surface area contributed by atoms with E-state index in [0.717, 1.165) is 31.7 Å². The zero-order chi connectivity index (χ0) is 20.0. The summed E-state index contributed by atoms with van der Waals surface area (Å²) in [5.74, 6) is 0.888. The van der Waals surface area contributed by atoms with Gasteiger partial charge in [-0.15, -0.1) is 0 Å². The first-order valence-electron chi connectivity index (χ1n) is 9.31. The molecule has 0 unspecified atom stereocenters. The van der Waals surface area contributed by atoms with Crippen LogP contribution < -0.4 is 10.5 Å². The lowest BCUT2D eigenvalue weighted by molar-refractivity contribution is 0.256. The zero-order valence-corrected chi connectivity index (χ0v) is 18.4. The lowest BCUT2D eigenvalue weighted by Crippen LogP contribution is -2.29. The van der Waals surface area contributed by atoms with Gasteiger partial charge in [0, 0.05) is 24.5 Å². The molecule has 1 rings (SSSR count). The van der Waals surface area contributed by atoms with Crippen molar-refractivity contribution in [2.75, 3.05) is 33.9 Å². The van der Waals surface area contributed by atoms with Gasteiger partial charge in [-0.3, -0.25) is 0 Å². The Labute approximate surface area is 164 Å². The molecule has 0 aliphatic heterocycles. The molecule has 0 bridgehead atoms. The molecule has 0 aromatic heterocycles. The summed E-state index contributed by atoms with van der Waals surface area (Å²) in [5, 5.41) is 0. The molecule has 0 heterocycles. The topological polar surface area (TPSA) is 60.1 Å². The number of nitrogens with zero attached hydrogens (tertiary/aromatic N) is 2. The van der Waals surface area contributed by atoms with Crippen molar-refractivity contribution < 1.29 is 9.47 Å². The predicted octanol–water partition coefficient (Wildman–Crippen LogP) is 4.82. The molecule has 1 aromatic carbocycles. The molecular formula is C20H37N3O2S. The van der Waals surface area contributed by atoms with Gasteiger partial charge in [0.05, 0.1) is 14.2 Å². The van der Waals surface area contributed by atoms with Crippen LogP contribution in [0.15, 0.2) is 34.2 Å². The molecule has 0 saturated heterocycles. The van der Waals surface area contributed by atoms with Crippen molar-refractivity contribution in [2.24, 2.45) is 16.1 Å². The number of aliphatic imine (C=N–C) groups is 1. The van der Waals surface area contributed by atoms with Crippen LogP contribution in [0.25, 0.3) is 0 Å². The Bertz CT molecular complexity index is 504. The van der Waals surface area contributed by atoms with E-state index in [1.807, 2.05) is 26.0 Å². The van der Waals surface area contributed by atoms with E-state index in [9.17, 15) is 0 Å². The Morgan fingerprint density at radius 2 is 1.81 bits per heavy atom. The Hall–Kier alpha value is -1.40. The maximum absolute atomic E-state index is 5.54. The molecule has 0 aliphatic carbocycles. The summed E-state index contributed by atoms with van der Waals surface area (Å²) >= 11 is 1.79. The highest BCUT2D eigenvalue weighted by molar-refractivity contribution is 7.97. The first kappa shape index (κ1) is 24.6. The maximum Gasteiger partial charge on any atom is 0.281 e. The van der Waals surface area contributed by atoms with Gasteiger partial charge in [0.15, 0.2) is 0 Å². The second kappa shape index (κ2) is 13.8. The SMILES string of the molecule is CC.CCN(CC(C)(C)CCCN=C(N)OC)Sc1ccc(OC)cc1. The molecular weight excluding hydrogens is 346 g/mol. The Balaban J connectivity index is 0.00000301. The molecule has 0 spiro atoms. The summed E-state index contributed by atoms with van der Waals surface area (Å²) in [6.45, 7) is 13.5. The number of methoxy groups -OCH3 is 2. The fourth-order valence-electron chi connectivity index (χ4n) is 2.36. The lowest BCUT2D eigenvalue weighted by atomic mass is 9.88. The van der Waals surface area contributed by atoms with E-state index in [2.05, 4.69) is 42.2 Å². The second-order valence-corrected chi connectivity index (χ2v) is 7.59. The van der Waals surface area contributed by atoms with Crippen LogP contribution in [-0.2, 0) is 4.74 Å². The van der Waals surface area contributed by atoms with Crippen molar-refractivity contribution in [2.45, 2.75) is 52.4 Å². The van der Waals surface area contributed by atoms with E-state index in [0.29, 0.717) is 6.54 Å². The first-order valence-corrected chi connectivity index (χ1v) is 10.1. The van der Waals surface area contributed by atoms with Crippen LogP contribution in [-0.4, -0.2) is 44.2 Å². The maximum atomic E-state index is 5.54. The highest BCUT2D eigenvalue weighted by atomic mass is 32.2. The molecule has 5 nitrogen and oxygen atoms in total. The van der Waals surface area contributed by atoms with Crippen LogP contribution in [0.4, 0.5) is 0 Å². The van der Waals surface area contributed by atoms with Gasteiger partial charge in [-0.1, -0.05) is 34.6 Å². The fraction of sp³-hybridized carbons (Fsp3) is 0.650. The van der Waals surface area contributed by atoms with E-state index in [4.69, 9.17) is 15.2 Å². The molecule has 150 valence electrons. The number of nitrogens with two attached hydrogens (primary N) is 1. The van der Waals surface area contributed by atoms with E-state index < -0.39 is 0 Å². The average Bonchev–Trinajstić information content (AvgIpc) is 2.66. The van der Waals surface area contributed by atoms with Gasteiger partial charge < -0.3 is 15.2 Å². The largest absolute Gasteiger partial charge is 0.497 e. The van der Waals surface area contributed by atoms with Crippen molar-refractivity contribution in [1.82, 2.24) is 4.31 Å². The molecule has 2 N–H and O–H groups in total. The number of rotatable bonds is 10. The van der Waals surface area contributed by atoms with E-state index in [1.54, 1.807) is 19.1 Å². The van der Waals surface area contributed by atoms with Crippen LogP contribution >= 0.6 is 11.9 Å². The Morgan fingerprint density at radius 3 is 2.31 bits per heavy atom. The monoisotopic (exact) mass is 383 g/mol. The quantitative estimate of drug-likeness (QED) is 0.272. The standard InChI is InChI=1S/C18H31N3O2S.C2H6/c1-6-21(24-16-10-8-15(22-4)9-11-16)14-18(2,3)12-7-13-20-17(19)23-5;1-2/h8-11H,6-7,12-14H2,1-5H3,(H2,19,20);1-2H3. The highest BCUT2D eigenvalue weighted by Crippen LogP contribution is 2.30. The van der Waals surface area contributed by atoms with Gasteiger partial charge in [-0.05, 0) is 54.5 Å². The van der Waals surface area contributed by atoms with Crippen molar-refractivity contribution in [1.29, 1.82) is 0 Å². The van der Waals surface area contributed by atoms with Crippen molar-refractivity contribution in [3.8, 4) is 5.75 Å². The lowest BCUT2D eigenvalue weighted by Gasteiger charge is -2.31. The van der Waals surface area contributed by atoms with E-state index in [-0.39, 0.29) is 11.4 Å². The minimum Gasteiger partial charge on any atom is -0.497 e. The number of hydrogen-bond donors (Lipinski definition) is 1. The number of ether oxygens (including phenoxy) is 2. The Kier molecular flexibility index (Phi) is 13.0. The van der Waals surface area contributed by atoms with Crippen LogP contribution in [0.2, 0.25) is 0 Å². The van der Waals surface area contributed by atoms with Gasteiger partial charge in [-0.25, -0.2) is 9.30 Å². The van der Waals surface area contributed by atoms with Gasteiger partial charge in [0.1, 0.15) is 5.75 Å². The summed E-state index contributed by atoms with van der Waals surface area (Å²) in [6, 6.07) is 8.46. The van der Waals surface area contributed by atoms with Crippen LogP contribution in [0.3, 0.4) is 0 Å². The molecule has 0 fully saturated rings.